The van der Waals surface area contributed by atoms with Crippen molar-refractivity contribution in [1.82, 2.24) is 5.32 Å². The first-order valence-corrected chi connectivity index (χ1v) is 6.05. The first-order valence-electron chi connectivity index (χ1n) is 6.05. The molecule has 0 aliphatic heterocycles. The first-order chi connectivity index (χ1) is 9.43. The molecule has 6 nitrogen and oxygen atoms in total. The van der Waals surface area contributed by atoms with Gasteiger partial charge in [0.15, 0.2) is 0 Å². The number of carboxylic acids is 1. The van der Waals surface area contributed by atoms with Crippen LogP contribution < -0.4 is 61.8 Å². The maximum Gasteiger partial charge on any atom is 1.00 e. The molecule has 1 aromatic carbocycles. The second-order valence-electron chi connectivity index (χ2n) is 4.07. The third-order valence-electron chi connectivity index (χ3n) is 2.46. The average Bonchev–Trinajstić information content (AvgIpc) is 2.37. The van der Waals surface area contributed by atoms with E-state index in [1.54, 1.807) is 13.8 Å². The molecule has 2 N–H and O–H groups in total. The van der Waals surface area contributed by atoms with Crippen LogP contribution in [0.4, 0.5) is 0 Å². The fraction of sp³-hybridized carbons (Fsp3) is 0.286. The van der Waals surface area contributed by atoms with E-state index >= 15 is 0 Å². The predicted octanol–water partition coefficient (Wildman–Crippen LogP) is -2.76. The molecule has 0 radical (unpaired) electrons. The molecule has 1 atom stereocenters. The molecule has 0 spiro atoms. The number of aliphatic carboxylic acids is 1. The molecule has 0 saturated heterocycles. The van der Waals surface area contributed by atoms with Crippen LogP contribution in [0.15, 0.2) is 36.0 Å². The molecule has 0 amide bonds. The normalized spacial score (nSPS) is 12.0. The Hall–Kier alpha value is -0.864. The zero-order valence-electron chi connectivity index (χ0n) is 12.3. The molecule has 0 saturated carbocycles. The van der Waals surface area contributed by atoms with Crippen molar-refractivity contribution in [3.8, 4) is 5.75 Å². The van der Waals surface area contributed by atoms with Gasteiger partial charge in [-0.2, -0.15) is 0 Å². The van der Waals surface area contributed by atoms with Gasteiger partial charge in [0.2, 0.25) is 0 Å². The summed E-state index contributed by atoms with van der Waals surface area (Å²) in [6.07, 6.45) is 1.17. The van der Waals surface area contributed by atoms with Crippen molar-refractivity contribution in [2.24, 2.45) is 0 Å². The Morgan fingerprint density at radius 1 is 1.38 bits per heavy atom. The number of ether oxygens (including phenoxy) is 1. The molecule has 1 aromatic rings. The fourth-order valence-electron chi connectivity index (χ4n) is 1.58. The number of benzene rings is 1. The average molecular weight is 317 g/mol. The number of hydrogen-bond donors (Lipinski definition) is 2. The van der Waals surface area contributed by atoms with E-state index in [2.05, 4.69) is 5.32 Å². The Balaban J connectivity index is 0.00000400. The van der Waals surface area contributed by atoms with E-state index in [1.165, 1.54) is 30.3 Å². The number of carbonyl (C=O) groups is 2. The van der Waals surface area contributed by atoms with E-state index < -0.39 is 18.0 Å². The summed E-state index contributed by atoms with van der Waals surface area (Å²) in [5, 5.41) is 23.0. The number of allylic oxidation sites excluding steroid dienone is 1. The van der Waals surface area contributed by atoms with Crippen molar-refractivity contribution in [1.29, 1.82) is 0 Å². The van der Waals surface area contributed by atoms with Gasteiger partial charge in [0.1, 0.15) is 5.75 Å². The standard InChI is InChI=1S/C14H17NO5.K/c1-3-20-12(17)8-9(2)15-13(14(18)19)10-4-6-11(16)7-5-10;/h4-8,13,15-16H,3H2,1-2H3,(H,18,19);/q;+1/p-1/t13-;/m1./s1. The maximum atomic E-state index is 11.3. The third-order valence-corrected chi connectivity index (χ3v) is 2.46. The number of carboxylic acid groups (broad SMARTS) is 1. The van der Waals surface area contributed by atoms with Crippen LogP contribution in [0.1, 0.15) is 25.5 Å². The van der Waals surface area contributed by atoms with Crippen molar-refractivity contribution >= 4 is 11.9 Å². The minimum atomic E-state index is -1.34. The number of phenolic OH excluding ortho intramolecular Hbond substituents is 1. The van der Waals surface area contributed by atoms with Gasteiger partial charge in [-0.25, -0.2) is 4.79 Å². The van der Waals surface area contributed by atoms with Crippen LogP contribution >= 0.6 is 0 Å². The molecule has 21 heavy (non-hydrogen) atoms. The molecule has 0 aliphatic carbocycles. The van der Waals surface area contributed by atoms with Crippen LogP contribution in [0.25, 0.3) is 0 Å². The topological polar surface area (TPSA) is 98.7 Å². The van der Waals surface area contributed by atoms with Crippen molar-refractivity contribution in [2.45, 2.75) is 19.9 Å². The molecule has 0 aliphatic rings. The van der Waals surface area contributed by atoms with E-state index in [0.29, 0.717) is 11.3 Å². The van der Waals surface area contributed by atoms with Gasteiger partial charge in [0, 0.05) is 11.8 Å². The van der Waals surface area contributed by atoms with Crippen LogP contribution in [-0.2, 0) is 14.3 Å². The number of hydrogen-bond acceptors (Lipinski definition) is 6. The molecule has 0 bridgehead atoms. The van der Waals surface area contributed by atoms with Gasteiger partial charge >= 0.3 is 57.4 Å². The van der Waals surface area contributed by atoms with Gasteiger partial charge in [-0.05, 0) is 31.5 Å². The molecule has 7 heteroatoms. The SMILES string of the molecule is CCOC(=O)C=C(C)N[C@@H](C(=O)[O-])c1ccc(O)cc1.[K+]. The number of phenols is 1. The van der Waals surface area contributed by atoms with E-state index in [4.69, 9.17) is 4.74 Å². The number of aromatic hydroxyl groups is 1. The monoisotopic (exact) mass is 317 g/mol. The van der Waals surface area contributed by atoms with Gasteiger partial charge in [0.05, 0.1) is 18.6 Å². The van der Waals surface area contributed by atoms with Gasteiger partial charge in [0.25, 0.3) is 0 Å². The molecule has 0 unspecified atom stereocenters. The zero-order valence-corrected chi connectivity index (χ0v) is 15.4. The van der Waals surface area contributed by atoms with Gasteiger partial charge in [-0.3, -0.25) is 0 Å². The molecule has 0 aromatic heterocycles. The summed E-state index contributed by atoms with van der Waals surface area (Å²) in [5.74, 6) is -1.86. The van der Waals surface area contributed by atoms with Gasteiger partial charge < -0.3 is 25.1 Å². The maximum absolute atomic E-state index is 11.3. The minimum absolute atomic E-state index is 0. The molecular weight excluding hydrogens is 301 g/mol. The molecular formula is C14H16KNO5. The Kier molecular flexibility index (Phi) is 9.55. The summed E-state index contributed by atoms with van der Waals surface area (Å²) in [7, 11) is 0. The van der Waals surface area contributed by atoms with E-state index in [0.717, 1.165) is 0 Å². The smallest absolute Gasteiger partial charge is 0.548 e. The Morgan fingerprint density at radius 2 is 1.95 bits per heavy atom. The van der Waals surface area contributed by atoms with Gasteiger partial charge in [-0.15, -0.1) is 0 Å². The van der Waals surface area contributed by atoms with Crippen LogP contribution in [0.3, 0.4) is 0 Å². The summed E-state index contributed by atoms with van der Waals surface area (Å²) < 4.78 is 4.72. The Morgan fingerprint density at radius 3 is 2.43 bits per heavy atom. The van der Waals surface area contributed by atoms with E-state index in [1.807, 2.05) is 0 Å². The predicted molar refractivity (Wildman–Crippen MR) is 69.4 cm³/mol. The largest absolute Gasteiger partial charge is 1.00 e. The quantitative estimate of drug-likeness (QED) is 0.335. The number of rotatable bonds is 6. The van der Waals surface area contributed by atoms with Gasteiger partial charge in [-0.1, -0.05) is 12.1 Å². The molecule has 108 valence electrons. The second-order valence-corrected chi connectivity index (χ2v) is 4.07. The molecule has 0 heterocycles. The van der Waals surface area contributed by atoms with Crippen molar-refractivity contribution < 1.29 is 75.9 Å². The minimum Gasteiger partial charge on any atom is -0.548 e. The molecule has 0 fully saturated rings. The summed E-state index contributed by atoms with van der Waals surface area (Å²) in [5.41, 5.74) is 0.741. The summed E-state index contributed by atoms with van der Waals surface area (Å²) in [4.78, 5) is 22.4. The van der Waals surface area contributed by atoms with Crippen LogP contribution in [0, 0.1) is 0 Å². The van der Waals surface area contributed by atoms with Crippen molar-refractivity contribution in [3.05, 3.63) is 41.6 Å². The van der Waals surface area contributed by atoms with Crippen molar-refractivity contribution in [3.63, 3.8) is 0 Å². The van der Waals surface area contributed by atoms with E-state index in [-0.39, 0.29) is 63.7 Å². The summed E-state index contributed by atoms with van der Waals surface area (Å²) in [6, 6.07) is 4.54. The Labute approximate surface area is 165 Å². The van der Waals surface area contributed by atoms with Crippen LogP contribution in [-0.4, -0.2) is 23.7 Å². The second kappa shape index (κ2) is 9.96. The van der Waals surface area contributed by atoms with Crippen LogP contribution in [0.2, 0.25) is 0 Å². The number of carbonyl (C=O) groups excluding carboxylic acids is 2. The Bertz CT molecular complexity index is 513. The van der Waals surface area contributed by atoms with E-state index in [9.17, 15) is 19.8 Å². The molecule has 1 rings (SSSR count). The van der Waals surface area contributed by atoms with Crippen LogP contribution in [0.5, 0.6) is 5.75 Å². The number of nitrogens with one attached hydrogen (secondary N) is 1. The zero-order chi connectivity index (χ0) is 15.1. The summed E-state index contributed by atoms with van der Waals surface area (Å²) >= 11 is 0. The fourth-order valence-corrected chi connectivity index (χ4v) is 1.58. The van der Waals surface area contributed by atoms with Crippen molar-refractivity contribution in [2.75, 3.05) is 6.61 Å². The summed E-state index contributed by atoms with van der Waals surface area (Å²) in [6.45, 7) is 3.46. The number of esters is 1. The third kappa shape index (κ3) is 7.10. The first kappa shape index (κ1) is 20.1.